The zero-order chi connectivity index (χ0) is 4.83. The lowest BCUT2D eigenvalue weighted by Gasteiger charge is -1.79. The molecule has 2 N–H and O–H groups in total. The summed E-state index contributed by atoms with van der Waals surface area (Å²) in [6.07, 6.45) is 4.26. The lowest BCUT2D eigenvalue weighted by molar-refractivity contribution is 0.260. The number of allylic oxidation sites excluding steroid dienone is 1. The second-order valence-electron chi connectivity index (χ2n) is 0.916. The lowest BCUT2D eigenvalue weighted by atomic mass is 10.5. The maximum atomic E-state index is 4.63. The third kappa shape index (κ3) is 3.50. The van der Waals surface area contributed by atoms with Crippen molar-refractivity contribution in [3.05, 3.63) is 12.3 Å². The minimum Gasteiger partial charge on any atom is -0.420 e. The first kappa shape index (κ1) is 5.50. The lowest BCUT2D eigenvalue weighted by Crippen LogP contribution is -1.86. The fourth-order valence-electron chi connectivity index (χ4n) is 0.152. The van der Waals surface area contributed by atoms with Crippen LogP contribution in [0.25, 0.3) is 0 Å². The van der Waals surface area contributed by atoms with Crippen LogP contribution in [0.5, 0.6) is 0 Å². The monoisotopic (exact) mass is 87.1 g/mol. The van der Waals surface area contributed by atoms with Crippen molar-refractivity contribution in [2.24, 2.45) is 5.90 Å². The Kier molecular flexibility index (Phi) is 4.12. The number of rotatable bonds is 2. The maximum Gasteiger partial charge on any atom is 0.106 e. The van der Waals surface area contributed by atoms with Gasteiger partial charge in [0, 0.05) is 0 Å². The van der Waals surface area contributed by atoms with Crippen molar-refractivity contribution in [3.63, 3.8) is 0 Å². The van der Waals surface area contributed by atoms with Crippen LogP contribution < -0.4 is 5.90 Å². The van der Waals surface area contributed by atoms with Gasteiger partial charge in [-0.25, -0.2) is 0 Å². The molecular formula is C4H9NO. The largest absolute Gasteiger partial charge is 0.420 e. The predicted molar refractivity (Wildman–Crippen MR) is 24.7 cm³/mol. The van der Waals surface area contributed by atoms with Gasteiger partial charge in [-0.05, 0) is 12.5 Å². The molecule has 0 saturated heterocycles. The van der Waals surface area contributed by atoms with E-state index in [0.717, 1.165) is 6.42 Å². The molecule has 2 nitrogen and oxygen atoms in total. The first-order valence-electron chi connectivity index (χ1n) is 1.92. The molecular weight excluding hydrogens is 78.0 g/mol. The van der Waals surface area contributed by atoms with Crippen molar-refractivity contribution in [2.45, 2.75) is 13.3 Å². The molecule has 36 valence electrons. The van der Waals surface area contributed by atoms with E-state index >= 15 is 0 Å². The van der Waals surface area contributed by atoms with Gasteiger partial charge in [-0.3, -0.25) is 0 Å². The third-order valence-corrected chi connectivity index (χ3v) is 0.410. The minimum atomic E-state index is 0.969. The standard InChI is InChI=1S/C4H9NO/c1-2-3-4-6-5/h3-4H,2,5H2,1H3/b4-3-. The van der Waals surface area contributed by atoms with Crippen molar-refractivity contribution in [1.82, 2.24) is 0 Å². The molecule has 0 aromatic rings. The summed E-state index contributed by atoms with van der Waals surface area (Å²) < 4.78 is 0. The van der Waals surface area contributed by atoms with E-state index < -0.39 is 0 Å². The number of hydrogen-bond donors (Lipinski definition) is 1. The third-order valence-electron chi connectivity index (χ3n) is 0.410. The van der Waals surface area contributed by atoms with Gasteiger partial charge in [-0.2, -0.15) is 5.90 Å². The number of nitrogens with two attached hydrogens (primary N) is 1. The van der Waals surface area contributed by atoms with E-state index in [9.17, 15) is 0 Å². The van der Waals surface area contributed by atoms with E-state index in [1.165, 1.54) is 6.26 Å². The normalized spacial score (nSPS) is 9.67. The van der Waals surface area contributed by atoms with Gasteiger partial charge < -0.3 is 4.84 Å². The molecule has 0 unspecified atom stereocenters. The molecule has 0 atom stereocenters. The Hall–Kier alpha value is -0.500. The SMILES string of the molecule is CC/C=C\ON. The molecule has 0 radical (unpaired) electrons. The van der Waals surface area contributed by atoms with Crippen molar-refractivity contribution in [2.75, 3.05) is 0 Å². The first-order valence-corrected chi connectivity index (χ1v) is 1.92. The molecule has 0 spiro atoms. The highest BCUT2D eigenvalue weighted by Crippen LogP contribution is 1.74. The summed E-state index contributed by atoms with van der Waals surface area (Å²) in [7, 11) is 0. The van der Waals surface area contributed by atoms with Crippen LogP contribution in [0.15, 0.2) is 12.3 Å². The molecule has 2 heteroatoms. The Morgan fingerprint density at radius 2 is 2.50 bits per heavy atom. The highest BCUT2D eigenvalue weighted by atomic mass is 16.6. The predicted octanol–water partition coefficient (Wildman–Crippen LogP) is 0.800. The summed E-state index contributed by atoms with van der Waals surface area (Å²) in [6, 6.07) is 0. The fraction of sp³-hybridized carbons (Fsp3) is 0.500. The average Bonchev–Trinajstić information content (AvgIpc) is 1.61. The summed E-state index contributed by atoms with van der Waals surface area (Å²) in [4.78, 5) is 4.10. The molecule has 0 aromatic heterocycles. The molecule has 0 heterocycles. The Bertz CT molecular complexity index is 36.8. The molecule has 0 amide bonds. The van der Waals surface area contributed by atoms with Crippen LogP contribution in [0.2, 0.25) is 0 Å². The van der Waals surface area contributed by atoms with Crippen molar-refractivity contribution < 1.29 is 4.84 Å². The fourth-order valence-corrected chi connectivity index (χ4v) is 0.152. The van der Waals surface area contributed by atoms with Crippen LogP contribution in [-0.2, 0) is 4.84 Å². The molecule has 0 aliphatic carbocycles. The van der Waals surface area contributed by atoms with Gasteiger partial charge in [0.15, 0.2) is 0 Å². The summed E-state index contributed by atoms with van der Waals surface area (Å²) in [5.74, 6) is 4.63. The summed E-state index contributed by atoms with van der Waals surface area (Å²) in [5, 5.41) is 0. The zero-order valence-corrected chi connectivity index (χ0v) is 3.85. The Balaban J connectivity index is 2.73. The molecule has 6 heavy (non-hydrogen) atoms. The Morgan fingerprint density at radius 1 is 1.83 bits per heavy atom. The van der Waals surface area contributed by atoms with Crippen LogP contribution in [0.3, 0.4) is 0 Å². The quantitative estimate of drug-likeness (QED) is 0.399. The smallest absolute Gasteiger partial charge is 0.106 e. The van der Waals surface area contributed by atoms with Crippen molar-refractivity contribution >= 4 is 0 Å². The van der Waals surface area contributed by atoms with E-state index in [-0.39, 0.29) is 0 Å². The molecule has 0 aliphatic rings. The van der Waals surface area contributed by atoms with Crippen molar-refractivity contribution in [1.29, 1.82) is 0 Å². The van der Waals surface area contributed by atoms with E-state index in [1.807, 2.05) is 13.0 Å². The van der Waals surface area contributed by atoms with Gasteiger partial charge in [0.05, 0.1) is 0 Å². The van der Waals surface area contributed by atoms with Gasteiger partial charge in [0.2, 0.25) is 0 Å². The maximum absolute atomic E-state index is 4.63. The van der Waals surface area contributed by atoms with Crippen LogP contribution >= 0.6 is 0 Å². The number of hydrogen-bond acceptors (Lipinski definition) is 2. The van der Waals surface area contributed by atoms with Gasteiger partial charge in [0.25, 0.3) is 0 Å². The van der Waals surface area contributed by atoms with Crippen LogP contribution in [-0.4, -0.2) is 0 Å². The molecule has 0 aromatic carbocycles. The molecule has 0 bridgehead atoms. The summed E-state index contributed by atoms with van der Waals surface area (Å²) >= 11 is 0. The topological polar surface area (TPSA) is 35.2 Å². The first-order chi connectivity index (χ1) is 2.91. The van der Waals surface area contributed by atoms with E-state index in [2.05, 4.69) is 10.7 Å². The Labute approximate surface area is 37.6 Å². The van der Waals surface area contributed by atoms with Gasteiger partial charge >= 0.3 is 0 Å². The average molecular weight is 87.1 g/mol. The van der Waals surface area contributed by atoms with E-state index in [1.54, 1.807) is 0 Å². The molecule has 0 fully saturated rings. The van der Waals surface area contributed by atoms with Gasteiger partial charge in [-0.1, -0.05) is 6.92 Å². The second kappa shape index (κ2) is 4.50. The minimum absolute atomic E-state index is 0.969. The second-order valence-corrected chi connectivity index (χ2v) is 0.916. The summed E-state index contributed by atoms with van der Waals surface area (Å²) in [6.45, 7) is 2.01. The van der Waals surface area contributed by atoms with E-state index in [0.29, 0.717) is 0 Å². The van der Waals surface area contributed by atoms with Crippen molar-refractivity contribution in [3.8, 4) is 0 Å². The summed E-state index contributed by atoms with van der Waals surface area (Å²) in [5.41, 5.74) is 0. The van der Waals surface area contributed by atoms with Crippen LogP contribution in [0, 0.1) is 0 Å². The van der Waals surface area contributed by atoms with Gasteiger partial charge in [0.1, 0.15) is 6.26 Å². The van der Waals surface area contributed by atoms with E-state index in [4.69, 9.17) is 0 Å². The highest BCUT2D eigenvalue weighted by molar-refractivity contribution is 4.68. The molecule has 0 saturated carbocycles. The highest BCUT2D eigenvalue weighted by Gasteiger charge is 1.59. The van der Waals surface area contributed by atoms with Crippen LogP contribution in [0.1, 0.15) is 13.3 Å². The molecule has 0 rings (SSSR count). The van der Waals surface area contributed by atoms with Gasteiger partial charge in [-0.15, -0.1) is 0 Å². The molecule has 0 aliphatic heterocycles. The zero-order valence-electron chi connectivity index (χ0n) is 3.85. The van der Waals surface area contributed by atoms with Crippen LogP contribution in [0.4, 0.5) is 0 Å². The Morgan fingerprint density at radius 3 is 2.67 bits per heavy atom.